The molecule has 1 fully saturated rings. The normalized spacial score (nSPS) is 25.9. The summed E-state index contributed by atoms with van der Waals surface area (Å²) < 4.78 is 1.81. The molecule has 1 aromatic heterocycles. The van der Waals surface area contributed by atoms with E-state index in [1.54, 1.807) is 10.9 Å². The van der Waals surface area contributed by atoms with Crippen molar-refractivity contribution in [2.75, 3.05) is 0 Å². The van der Waals surface area contributed by atoms with Gasteiger partial charge in [0.25, 0.3) is 0 Å². The van der Waals surface area contributed by atoms with Gasteiger partial charge in [0.1, 0.15) is 0 Å². The van der Waals surface area contributed by atoms with Gasteiger partial charge in [-0.25, -0.2) is 0 Å². The van der Waals surface area contributed by atoms with Crippen LogP contribution >= 0.6 is 11.6 Å². The van der Waals surface area contributed by atoms with Gasteiger partial charge in [0.2, 0.25) is 0 Å². The minimum atomic E-state index is -0.00231. The summed E-state index contributed by atoms with van der Waals surface area (Å²) in [4.78, 5) is 0. The van der Waals surface area contributed by atoms with E-state index in [0.29, 0.717) is 16.4 Å². The standard InChI is InChI=1S/C12H20ClN3/c1-12(2)6-4-5-8(12)10(14)11-9(13)7-15-16(11)3/h7-8,10H,4-6,14H2,1-3H3. The average Bonchev–Trinajstić information content (AvgIpc) is 2.69. The van der Waals surface area contributed by atoms with E-state index >= 15 is 0 Å². The molecule has 1 aromatic rings. The van der Waals surface area contributed by atoms with E-state index in [4.69, 9.17) is 17.3 Å². The van der Waals surface area contributed by atoms with Crippen molar-refractivity contribution in [1.82, 2.24) is 9.78 Å². The molecule has 2 unspecified atom stereocenters. The van der Waals surface area contributed by atoms with E-state index in [0.717, 1.165) is 5.69 Å². The SMILES string of the molecule is Cn1ncc(Cl)c1C(N)C1CCCC1(C)C. The van der Waals surface area contributed by atoms with E-state index in [-0.39, 0.29) is 6.04 Å². The fourth-order valence-electron chi connectivity index (χ4n) is 3.01. The predicted octanol–water partition coefficient (Wildman–Crippen LogP) is 2.90. The smallest absolute Gasteiger partial charge is 0.0834 e. The molecule has 1 aliphatic rings. The van der Waals surface area contributed by atoms with Crippen LogP contribution in [0.25, 0.3) is 0 Å². The molecular weight excluding hydrogens is 222 g/mol. The largest absolute Gasteiger partial charge is 0.322 e. The molecule has 0 saturated heterocycles. The number of nitrogens with zero attached hydrogens (tertiary/aromatic N) is 2. The first-order chi connectivity index (χ1) is 7.43. The lowest BCUT2D eigenvalue weighted by Crippen LogP contribution is -2.31. The number of nitrogens with two attached hydrogens (primary N) is 1. The summed E-state index contributed by atoms with van der Waals surface area (Å²) >= 11 is 6.15. The van der Waals surface area contributed by atoms with E-state index in [1.807, 2.05) is 7.05 Å². The molecule has 0 spiro atoms. The zero-order valence-corrected chi connectivity index (χ0v) is 11.0. The van der Waals surface area contributed by atoms with Gasteiger partial charge in [-0.05, 0) is 24.2 Å². The highest BCUT2D eigenvalue weighted by molar-refractivity contribution is 6.31. The molecule has 1 heterocycles. The van der Waals surface area contributed by atoms with Crippen LogP contribution < -0.4 is 5.73 Å². The van der Waals surface area contributed by atoms with Crippen LogP contribution in [0, 0.1) is 11.3 Å². The second-order valence-electron chi connectivity index (χ2n) is 5.51. The first-order valence-corrected chi connectivity index (χ1v) is 6.24. The minimum Gasteiger partial charge on any atom is -0.322 e. The van der Waals surface area contributed by atoms with Crippen molar-refractivity contribution in [2.45, 2.75) is 39.2 Å². The van der Waals surface area contributed by atoms with Crippen molar-refractivity contribution in [2.24, 2.45) is 24.1 Å². The van der Waals surface area contributed by atoms with Gasteiger partial charge in [0.05, 0.1) is 23.0 Å². The number of aromatic nitrogens is 2. The van der Waals surface area contributed by atoms with Crippen LogP contribution in [-0.4, -0.2) is 9.78 Å². The second kappa shape index (κ2) is 4.04. The molecule has 0 bridgehead atoms. The van der Waals surface area contributed by atoms with Crippen molar-refractivity contribution < 1.29 is 0 Å². The molecule has 2 atom stereocenters. The first-order valence-electron chi connectivity index (χ1n) is 5.86. The van der Waals surface area contributed by atoms with E-state index < -0.39 is 0 Å². The van der Waals surface area contributed by atoms with Gasteiger partial charge in [-0.1, -0.05) is 31.9 Å². The lowest BCUT2D eigenvalue weighted by Gasteiger charge is -2.32. The van der Waals surface area contributed by atoms with Gasteiger partial charge in [-0.2, -0.15) is 5.10 Å². The molecule has 0 radical (unpaired) electrons. The molecule has 3 nitrogen and oxygen atoms in total. The molecule has 1 aliphatic carbocycles. The molecule has 1 saturated carbocycles. The Hall–Kier alpha value is -0.540. The van der Waals surface area contributed by atoms with E-state index in [2.05, 4.69) is 18.9 Å². The van der Waals surface area contributed by atoms with Crippen molar-refractivity contribution in [3.05, 3.63) is 16.9 Å². The van der Waals surface area contributed by atoms with Crippen molar-refractivity contribution >= 4 is 11.6 Å². The van der Waals surface area contributed by atoms with Crippen molar-refractivity contribution in [3.63, 3.8) is 0 Å². The molecule has 16 heavy (non-hydrogen) atoms. The van der Waals surface area contributed by atoms with E-state index in [9.17, 15) is 0 Å². The summed E-state index contributed by atoms with van der Waals surface area (Å²) in [5.74, 6) is 0.500. The number of rotatable bonds is 2. The Kier molecular flexibility index (Phi) is 3.01. The highest BCUT2D eigenvalue weighted by Crippen LogP contribution is 2.48. The number of hydrogen-bond donors (Lipinski definition) is 1. The number of aryl methyl sites for hydroxylation is 1. The maximum atomic E-state index is 6.38. The minimum absolute atomic E-state index is 0.00231. The lowest BCUT2D eigenvalue weighted by molar-refractivity contribution is 0.217. The van der Waals surface area contributed by atoms with Crippen LogP contribution in [0.1, 0.15) is 44.8 Å². The molecule has 2 rings (SSSR count). The number of halogens is 1. The molecule has 0 aromatic carbocycles. The van der Waals surface area contributed by atoms with Crippen molar-refractivity contribution in [3.8, 4) is 0 Å². The van der Waals surface area contributed by atoms with Crippen molar-refractivity contribution in [1.29, 1.82) is 0 Å². The Labute approximate surface area is 102 Å². The summed E-state index contributed by atoms with van der Waals surface area (Å²) in [6.07, 6.45) is 5.38. The fourth-order valence-corrected chi connectivity index (χ4v) is 3.30. The topological polar surface area (TPSA) is 43.8 Å². The maximum Gasteiger partial charge on any atom is 0.0834 e. The zero-order valence-electron chi connectivity index (χ0n) is 10.2. The van der Waals surface area contributed by atoms with Gasteiger partial charge in [0.15, 0.2) is 0 Å². The fraction of sp³-hybridized carbons (Fsp3) is 0.750. The number of hydrogen-bond acceptors (Lipinski definition) is 2. The predicted molar refractivity (Wildman–Crippen MR) is 66.3 cm³/mol. The van der Waals surface area contributed by atoms with Crippen LogP contribution in [0.15, 0.2) is 6.20 Å². The highest BCUT2D eigenvalue weighted by atomic mass is 35.5. The molecule has 90 valence electrons. The zero-order chi connectivity index (χ0) is 11.9. The molecular formula is C12H20ClN3. The van der Waals surface area contributed by atoms with Gasteiger partial charge >= 0.3 is 0 Å². The third-order valence-corrected chi connectivity index (χ3v) is 4.32. The van der Waals surface area contributed by atoms with Crippen LogP contribution in [0.3, 0.4) is 0 Å². The highest BCUT2D eigenvalue weighted by Gasteiger charge is 2.40. The quantitative estimate of drug-likeness (QED) is 0.865. The Morgan fingerprint density at radius 3 is 2.75 bits per heavy atom. The van der Waals surface area contributed by atoms with Gasteiger partial charge in [-0.3, -0.25) is 4.68 Å². The van der Waals surface area contributed by atoms with Gasteiger partial charge in [-0.15, -0.1) is 0 Å². The third kappa shape index (κ3) is 1.87. The molecule has 0 amide bonds. The molecule has 2 N–H and O–H groups in total. The van der Waals surface area contributed by atoms with Gasteiger partial charge in [0, 0.05) is 7.05 Å². The second-order valence-corrected chi connectivity index (χ2v) is 5.92. The Bertz CT molecular complexity index is 364. The van der Waals surface area contributed by atoms with E-state index in [1.165, 1.54) is 19.3 Å². The Balaban J connectivity index is 2.29. The first kappa shape index (κ1) is 11.9. The monoisotopic (exact) mass is 241 g/mol. The maximum absolute atomic E-state index is 6.38. The summed E-state index contributed by atoms with van der Waals surface area (Å²) in [7, 11) is 1.91. The Morgan fingerprint density at radius 1 is 1.62 bits per heavy atom. The summed E-state index contributed by atoms with van der Waals surface area (Å²) in [5.41, 5.74) is 7.66. The summed E-state index contributed by atoms with van der Waals surface area (Å²) in [6.45, 7) is 4.60. The van der Waals surface area contributed by atoms with Crippen LogP contribution in [0.4, 0.5) is 0 Å². The van der Waals surface area contributed by atoms with Crippen LogP contribution in [0.5, 0.6) is 0 Å². The summed E-state index contributed by atoms with van der Waals surface area (Å²) in [6, 6.07) is -0.00231. The Morgan fingerprint density at radius 2 is 2.31 bits per heavy atom. The molecule has 4 heteroatoms. The third-order valence-electron chi connectivity index (χ3n) is 4.03. The van der Waals surface area contributed by atoms with Crippen LogP contribution in [0.2, 0.25) is 5.02 Å². The van der Waals surface area contributed by atoms with Crippen LogP contribution in [-0.2, 0) is 7.05 Å². The molecule has 0 aliphatic heterocycles. The summed E-state index contributed by atoms with van der Waals surface area (Å²) in [5, 5.41) is 4.85. The van der Waals surface area contributed by atoms with Gasteiger partial charge < -0.3 is 5.73 Å². The lowest BCUT2D eigenvalue weighted by atomic mass is 9.77. The average molecular weight is 242 g/mol.